The molecule has 0 radical (unpaired) electrons. The maximum Gasteiger partial charge on any atom is 0.150 e. The van der Waals surface area contributed by atoms with E-state index in [1.54, 1.807) is 6.92 Å². The van der Waals surface area contributed by atoms with Gasteiger partial charge in [0.15, 0.2) is 5.60 Å². The van der Waals surface area contributed by atoms with Gasteiger partial charge in [-0.15, -0.1) is 5.92 Å². The Kier molecular flexibility index (Phi) is 3.73. The Morgan fingerprint density at radius 1 is 1.29 bits per heavy atom. The Morgan fingerprint density at radius 3 is 2.43 bits per heavy atom. The number of hydrogen-bond donors (Lipinski definition) is 1. The Hall–Kier alpha value is -1.26. The van der Waals surface area contributed by atoms with Crippen LogP contribution in [0, 0.1) is 11.8 Å². The molecule has 14 heavy (non-hydrogen) atoms. The molecule has 1 nitrogen and oxygen atoms in total. The van der Waals surface area contributed by atoms with Crippen molar-refractivity contribution in [3.63, 3.8) is 0 Å². The van der Waals surface area contributed by atoms with Gasteiger partial charge in [0.1, 0.15) is 0 Å². The molecule has 1 N–H and O–H groups in total. The van der Waals surface area contributed by atoms with Gasteiger partial charge in [0, 0.05) is 0 Å². The maximum atomic E-state index is 10.3. The predicted octanol–water partition coefficient (Wildman–Crippen LogP) is 2.70. The first kappa shape index (κ1) is 10.8. The van der Waals surface area contributed by atoms with Crippen LogP contribution >= 0.6 is 0 Å². The molecule has 1 aromatic rings. The van der Waals surface area contributed by atoms with Crippen molar-refractivity contribution in [1.82, 2.24) is 0 Å². The summed E-state index contributed by atoms with van der Waals surface area (Å²) >= 11 is 0. The lowest BCUT2D eigenvalue weighted by Crippen LogP contribution is -2.23. The smallest absolute Gasteiger partial charge is 0.150 e. The van der Waals surface area contributed by atoms with E-state index in [1.165, 1.54) is 0 Å². The minimum Gasteiger partial charge on any atom is -0.373 e. The van der Waals surface area contributed by atoms with Gasteiger partial charge in [-0.1, -0.05) is 49.6 Å². The summed E-state index contributed by atoms with van der Waals surface area (Å²) in [6.07, 6.45) is 1.60. The molecule has 0 saturated heterocycles. The van der Waals surface area contributed by atoms with E-state index >= 15 is 0 Å². The van der Waals surface area contributed by atoms with E-state index < -0.39 is 5.60 Å². The molecule has 1 atom stereocenters. The Balaban J connectivity index is 3.03. The highest BCUT2D eigenvalue weighted by Gasteiger charge is 2.24. The van der Waals surface area contributed by atoms with E-state index in [1.807, 2.05) is 37.3 Å². The van der Waals surface area contributed by atoms with Crippen molar-refractivity contribution in [3.05, 3.63) is 35.9 Å². The van der Waals surface area contributed by atoms with Gasteiger partial charge in [-0.25, -0.2) is 0 Å². The highest BCUT2D eigenvalue weighted by Crippen LogP contribution is 2.25. The molecule has 0 aromatic heterocycles. The number of hydrogen-bond acceptors (Lipinski definition) is 1. The molecule has 0 fully saturated rings. The summed E-state index contributed by atoms with van der Waals surface area (Å²) in [6, 6.07) is 9.62. The molecule has 0 aliphatic rings. The zero-order valence-electron chi connectivity index (χ0n) is 8.75. The van der Waals surface area contributed by atoms with Crippen LogP contribution in [0.1, 0.15) is 32.3 Å². The summed E-state index contributed by atoms with van der Waals surface area (Å²) in [4.78, 5) is 0. The van der Waals surface area contributed by atoms with Crippen LogP contribution in [0.2, 0.25) is 0 Å². The molecule has 0 amide bonds. The second kappa shape index (κ2) is 4.83. The summed E-state index contributed by atoms with van der Waals surface area (Å²) in [7, 11) is 0. The molecular weight excluding hydrogens is 172 g/mol. The van der Waals surface area contributed by atoms with E-state index in [-0.39, 0.29) is 0 Å². The average Bonchev–Trinajstić information content (AvgIpc) is 2.20. The minimum atomic E-state index is -0.967. The molecule has 1 rings (SSSR count). The lowest BCUT2D eigenvalue weighted by Gasteiger charge is -2.21. The van der Waals surface area contributed by atoms with Crippen molar-refractivity contribution in [3.8, 4) is 11.8 Å². The molecular formula is C13H16O. The van der Waals surface area contributed by atoms with Crippen molar-refractivity contribution < 1.29 is 5.11 Å². The van der Waals surface area contributed by atoms with Gasteiger partial charge in [-0.2, -0.15) is 0 Å². The summed E-state index contributed by atoms with van der Waals surface area (Å²) in [6.45, 7) is 3.80. The van der Waals surface area contributed by atoms with Gasteiger partial charge in [0.2, 0.25) is 0 Å². The van der Waals surface area contributed by atoms with Crippen LogP contribution < -0.4 is 0 Å². The lowest BCUT2D eigenvalue weighted by molar-refractivity contribution is 0.0893. The summed E-state index contributed by atoms with van der Waals surface area (Å²) in [5, 5.41) is 10.3. The van der Waals surface area contributed by atoms with Crippen molar-refractivity contribution in [2.24, 2.45) is 0 Å². The van der Waals surface area contributed by atoms with E-state index in [9.17, 15) is 5.11 Å². The highest BCUT2D eigenvalue weighted by molar-refractivity contribution is 5.31. The Bertz CT molecular complexity index is 331. The first-order chi connectivity index (χ1) is 6.73. The van der Waals surface area contributed by atoms with Crippen molar-refractivity contribution in [1.29, 1.82) is 0 Å². The standard InChI is InChI=1S/C13H16O/c1-3-10-13(14,11-4-2)12-8-6-5-7-9-12/h5-9,14H,3,10H2,1-2H3. The largest absolute Gasteiger partial charge is 0.373 e. The molecule has 0 aliphatic carbocycles. The molecule has 0 heterocycles. The normalized spacial score (nSPS) is 13.9. The van der Waals surface area contributed by atoms with Gasteiger partial charge in [-0.05, 0) is 18.9 Å². The van der Waals surface area contributed by atoms with E-state index in [0.29, 0.717) is 6.42 Å². The van der Waals surface area contributed by atoms with Crippen LogP contribution in [0.4, 0.5) is 0 Å². The molecule has 0 aliphatic heterocycles. The summed E-state index contributed by atoms with van der Waals surface area (Å²) in [5.74, 6) is 5.67. The SMILES string of the molecule is CC#CC(O)(CCC)c1ccccc1. The molecule has 1 heteroatoms. The van der Waals surface area contributed by atoms with Gasteiger partial charge in [0.05, 0.1) is 0 Å². The van der Waals surface area contributed by atoms with Crippen molar-refractivity contribution >= 4 is 0 Å². The fraction of sp³-hybridized carbons (Fsp3) is 0.385. The Labute approximate surface area is 85.8 Å². The fourth-order valence-corrected chi connectivity index (χ4v) is 1.56. The molecule has 0 bridgehead atoms. The quantitative estimate of drug-likeness (QED) is 0.723. The summed E-state index contributed by atoms with van der Waals surface area (Å²) < 4.78 is 0. The third-order valence-corrected chi connectivity index (χ3v) is 2.19. The zero-order valence-corrected chi connectivity index (χ0v) is 8.75. The van der Waals surface area contributed by atoms with E-state index in [0.717, 1.165) is 12.0 Å². The number of aliphatic hydroxyl groups is 1. The molecule has 1 aromatic carbocycles. The van der Waals surface area contributed by atoms with Crippen LogP contribution in [0.5, 0.6) is 0 Å². The maximum absolute atomic E-state index is 10.3. The monoisotopic (exact) mass is 188 g/mol. The van der Waals surface area contributed by atoms with E-state index in [4.69, 9.17) is 0 Å². The van der Waals surface area contributed by atoms with Crippen molar-refractivity contribution in [2.75, 3.05) is 0 Å². The first-order valence-electron chi connectivity index (χ1n) is 4.94. The predicted molar refractivity (Wildman–Crippen MR) is 58.7 cm³/mol. The number of rotatable bonds is 3. The lowest BCUT2D eigenvalue weighted by atomic mass is 9.90. The van der Waals surface area contributed by atoms with Crippen molar-refractivity contribution in [2.45, 2.75) is 32.3 Å². The highest BCUT2D eigenvalue weighted by atomic mass is 16.3. The molecule has 0 saturated carbocycles. The van der Waals surface area contributed by atoms with Gasteiger partial charge < -0.3 is 5.11 Å². The Morgan fingerprint density at radius 2 is 1.93 bits per heavy atom. The second-order valence-electron chi connectivity index (χ2n) is 3.35. The molecule has 74 valence electrons. The van der Waals surface area contributed by atoms with Crippen LogP contribution in [0.3, 0.4) is 0 Å². The van der Waals surface area contributed by atoms with Gasteiger partial charge in [0.25, 0.3) is 0 Å². The molecule has 1 unspecified atom stereocenters. The summed E-state index contributed by atoms with van der Waals surface area (Å²) in [5.41, 5.74) is -0.0821. The fourth-order valence-electron chi connectivity index (χ4n) is 1.56. The minimum absolute atomic E-state index is 0.678. The van der Waals surface area contributed by atoms with Crippen LogP contribution in [0.25, 0.3) is 0 Å². The van der Waals surface area contributed by atoms with Gasteiger partial charge >= 0.3 is 0 Å². The first-order valence-corrected chi connectivity index (χ1v) is 4.94. The molecule has 0 spiro atoms. The van der Waals surface area contributed by atoms with Gasteiger partial charge in [-0.3, -0.25) is 0 Å². The van der Waals surface area contributed by atoms with E-state index in [2.05, 4.69) is 11.8 Å². The third-order valence-electron chi connectivity index (χ3n) is 2.19. The van der Waals surface area contributed by atoms with Crippen LogP contribution in [-0.2, 0) is 5.60 Å². The topological polar surface area (TPSA) is 20.2 Å². The van der Waals surface area contributed by atoms with Crippen LogP contribution in [0.15, 0.2) is 30.3 Å². The number of benzene rings is 1. The second-order valence-corrected chi connectivity index (χ2v) is 3.35. The zero-order chi connectivity index (χ0) is 10.4. The third kappa shape index (κ3) is 2.37. The van der Waals surface area contributed by atoms with Crippen LogP contribution in [-0.4, -0.2) is 5.11 Å². The average molecular weight is 188 g/mol.